The van der Waals surface area contributed by atoms with Crippen LogP contribution in [0.15, 0.2) is 122 Å². The SMILES string of the molecule is CC/C=C\C/C=C\C/C=C\C/C=C\C/C=C\C/C=C\C/C=C\CCCC(=O)OC(COC(=O)CCCCCCCCC)COC(=O)CCCCCCCCCCCC/C=C\C/C=C\C/C=C\CCCCCCC. The Morgan fingerprint density at radius 2 is 0.548 bits per heavy atom. The molecule has 0 bridgehead atoms. The molecule has 0 aliphatic carbocycles. The molecular weight excluding hydrogens is 901 g/mol. The molecule has 0 N–H and O–H groups in total. The summed E-state index contributed by atoms with van der Waals surface area (Å²) in [5, 5.41) is 0. The molecule has 0 aromatic rings. The Hall–Kier alpha value is -4.19. The van der Waals surface area contributed by atoms with Crippen LogP contribution < -0.4 is 0 Å². The van der Waals surface area contributed by atoms with Gasteiger partial charge in [0.15, 0.2) is 6.10 Å². The molecule has 1 atom stereocenters. The van der Waals surface area contributed by atoms with Crippen molar-refractivity contribution < 1.29 is 28.6 Å². The molecule has 414 valence electrons. The van der Waals surface area contributed by atoms with Crippen molar-refractivity contribution in [2.75, 3.05) is 13.2 Å². The van der Waals surface area contributed by atoms with Crippen LogP contribution in [0.5, 0.6) is 0 Å². The van der Waals surface area contributed by atoms with Crippen LogP contribution in [0.25, 0.3) is 0 Å². The van der Waals surface area contributed by atoms with Crippen molar-refractivity contribution in [3.63, 3.8) is 0 Å². The van der Waals surface area contributed by atoms with E-state index in [2.05, 4.69) is 142 Å². The lowest BCUT2D eigenvalue weighted by atomic mass is 10.1. The molecule has 0 rings (SSSR count). The molecule has 0 aliphatic rings. The Kier molecular flexibility index (Phi) is 56.9. The summed E-state index contributed by atoms with van der Waals surface area (Å²) >= 11 is 0. The molecule has 73 heavy (non-hydrogen) atoms. The second-order valence-electron chi connectivity index (χ2n) is 19.5. The highest BCUT2D eigenvalue weighted by Crippen LogP contribution is 2.14. The molecule has 0 aromatic carbocycles. The Morgan fingerprint density at radius 1 is 0.288 bits per heavy atom. The second kappa shape index (κ2) is 60.4. The second-order valence-corrected chi connectivity index (χ2v) is 19.5. The van der Waals surface area contributed by atoms with Gasteiger partial charge in [0.25, 0.3) is 0 Å². The average Bonchev–Trinajstić information content (AvgIpc) is 3.39. The molecule has 0 spiro atoms. The quantitative estimate of drug-likeness (QED) is 0.0261. The molecule has 0 radical (unpaired) electrons. The van der Waals surface area contributed by atoms with Crippen molar-refractivity contribution >= 4 is 17.9 Å². The summed E-state index contributed by atoms with van der Waals surface area (Å²) in [7, 11) is 0. The monoisotopic (exact) mass is 1010 g/mol. The molecule has 0 heterocycles. The van der Waals surface area contributed by atoms with Gasteiger partial charge in [0.05, 0.1) is 0 Å². The summed E-state index contributed by atoms with van der Waals surface area (Å²) in [6, 6.07) is 0. The Morgan fingerprint density at radius 3 is 0.877 bits per heavy atom. The largest absolute Gasteiger partial charge is 0.462 e. The van der Waals surface area contributed by atoms with Crippen molar-refractivity contribution in [1.82, 2.24) is 0 Å². The Labute approximate surface area is 450 Å². The van der Waals surface area contributed by atoms with E-state index in [4.69, 9.17) is 14.2 Å². The minimum atomic E-state index is -0.811. The highest BCUT2D eigenvalue weighted by molar-refractivity contribution is 5.71. The fourth-order valence-electron chi connectivity index (χ4n) is 7.97. The van der Waals surface area contributed by atoms with Crippen LogP contribution in [0, 0.1) is 0 Å². The maximum absolute atomic E-state index is 12.8. The number of hydrogen-bond acceptors (Lipinski definition) is 6. The van der Waals surface area contributed by atoms with Crippen molar-refractivity contribution in [3.8, 4) is 0 Å². The highest BCUT2D eigenvalue weighted by atomic mass is 16.6. The molecule has 6 heteroatoms. The number of allylic oxidation sites excluding steroid dienone is 20. The van der Waals surface area contributed by atoms with E-state index in [0.29, 0.717) is 19.3 Å². The first-order valence-electron chi connectivity index (χ1n) is 30.0. The third-order valence-corrected chi connectivity index (χ3v) is 12.5. The number of carbonyl (C=O) groups excluding carboxylic acids is 3. The van der Waals surface area contributed by atoms with Gasteiger partial charge in [-0.05, 0) is 109 Å². The predicted octanol–water partition coefficient (Wildman–Crippen LogP) is 20.4. The normalized spacial score (nSPS) is 13.0. The summed E-state index contributed by atoms with van der Waals surface area (Å²) in [4.78, 5) is 38.0. The summed E-state index contributed by atoms with van der Waals surface area (Å²) in [5.74, 6) is -0.976. The van der Waals surface area contributed by atoms with E-state index in [1.54, 1.807) is 0 Å². The maximum atomic E-state index is 12.8. The van der Waals surface area contributed by atoms with Crippen LogP contribution in [0.1, 0.15) is 265 Å². The van der Waals surface area contributed by atoms with Crippen LogP contribution in [0.4, 0.5) is 0 Å². The van der Waals surface area contributed by atoms with Gasteiger partial charge in [-0.1, -0.05) is 258 Å². The Bertz CT molecular complexity index is 1540. The number of carbonyl (C=O) groups is 3. The first-order valence-corrected chi connectivity index (χ1v) is 30.0. The van der Waals surface area contributed by atoms with Crippen molar-refractivity contribution in [3.05, 3.63) is 122 Å². The van der Waals surface area contributed by atoms with Crippen molar-refractivity contribution in [2.45, 2.75) is 271 Å². The van der Waals surface area contributed by atoms with Gasteiger partial charge in [-0.2, -0.15) is 0 Å². The van der Waals surface area contributed by atoms with E-state index >= 15 is 0 Å². The molecule has 0 fully saturated rings. The number of rotatable bonds is 53. The van der Waals surface area contributed by atoms with Crippen molar-refractivity contribution in [1.29, 1.82) is 0 Å². The summed E-state index contributed by atoms with van der Waals surface area (Å²) in [6.07, 6.45) is 83.7. The highest BCUT2D eigenvalue weighted by Gasteiger charge is 2.19. The molecule has 0 aromatic heterocycles. The zero-order chi connectivity index (χ0) is 52.9. The lowest BCUT2D eigenvalue weighted by Crippen LogP contribution is -2.30. The lowest BCUT2D eigenvalue weighted by molar-refractivity contribution is -0.167. The van der Waals surface area contributed by atoms with Gasteiger partial charge in [0.2, 0.25) is 0 Å². The van der Waals surface area contributed by atoms with Gasteiger partial charge < -0.3 is 14.2 Å². The zero-order valence-corrected chi connectivity index (χ0v) is 47.4. The van der Waals surface area contributed by atoms with Gasteiger partial charge in [-0.25, -0.2) is 0 Å². The predicted molar refractivity (Wildman–Crippen MR) is 316 cm³/mol. The van der Waals surface area contributed by atoms with E-state index in [1.807, 2.05) is 0 Å². The first-order chi connectivity index (χ1) is 36.0. The van der Waals surface area contributed by atoms with Gasteiger partial charge in [-0.3, -0.25) is 14.4 Å². The van der Waals surface area contributed by atoms with Crippen LogP contribution in [0.3, 0.4) is 0 Å². The van der Waals surface area contributed by atoms with E-state index in [0.717, 1.165) is 103 Å². The van der Waals surface area contributed by atoms with Crippen LogP contribution in [-0.4, -0.2) is 37.2 Å². The topological polar surface area (TPSA) is 78.9 Å². The van der Waals surface area contributed by atoms with Crippen LogP contribution >= 0.6 is 0 Å². The fourth-order valence-corrected chi connectivity index (χ4v) is 7.97. The van der Waals surface area contributed by atoms with Crippen molar-refractivity contribution in [2.24, 2.45) is 0 Å². The molecular formula is C67H110O6. The van der Waals surface area contributed by atoms with E-state index in [9.17, 15) is 14.4 Å². The van der Waals surface area contributed by atoms with Gasteiger partial charge in [0.1, 0.15) is 13.2 Å². The number of ether oxygens (including phenoxy) is 3. The van der Waals surface area contributed by atoms with Gasteiger partial charge in [-0.15, -0.1) is 0 Å². The van der Waals surface area contributed by atoms with Gasteiger partial charge in [0, 0.05) is 19.3 Å². The fraction of sp³-hybridized carbons (Fsp3) is 0.657. The minimum absolute atomic E-state index is 0.104. The van der Waals surface area contributed by atoms with E-state index in [-0.39, 0.29) is 37.5 Å². The number of unbranched alkanes of at least 4 members (excludes halogenated alkanes) is 22. The third-order valence-electron chi connectivity index (χ3n) is 12.5. The van der Waals surface area contributed by atoms with Gasteiger partial charge >= 0.3 is 17.9 Å². The third kappa shape index (κ3) is 58.6. The number of hydrogen-bond donors (Lipinski definition) is 0. The number of esters is 3. The van der Waals surface area contributed by atoms with Crippen LogP contribution in [-0.2, 0) is 28.6 Å². The van der Waals surface area contributed by atoms with E-state index in [1.165, 1.54) is 116 Å². The Balaban J connectivity index is 4.30. The molecule has 6 nitrogen and oxygen atoms in total. The smallest absolute Gasteiger partial charge is 0.306 e. The zero-order valence-electron chi connectivity index (χ0n) is 47.4. The molecule has 0 aliphatic heterocycles. The lowest BCUT2D eigenvalue weighted by Gasteiger charge is -2.18. The molecule has 0 saturated heterocycles. The summed E-state index contributed by atoms with van der Waals surface area (Å²) < 4.78 is 16.7. The van der Waals surface area contributed by atoms with E-state index < -0.39 is 6.10 Å². The molecule has 1 unspecified atom stereocenters. The summed E-state index contributed by atoms with van der Waals surface area (Å²) in [6.45, 7) is 6.42. The minimum Gasteiger partial charge on any atom is -0.462 e. The average molecular weight is 1010 g/mol. The molecule has 0 saturated carbocycles. The molecule has 0 amide bonds. The first kappa shape index (κ1) is 68.8. The standard InChI is InChI=1S/C67H110O6/c1-4-7-10-13-16-18-20-22-24-26-28-30-32-33-35-36-38-40-42-44-46-48-51-54-57-60-66(69)72-63-64(62-71-65(68)59-56-53-50-15-12-9-6-3)73-67(70)61-58-55-52-49-47-45-43-41-39-37-34-31-29-27-25-23-21-19-17-14-11-8-5-2/h8,11,17,19-20,22-23,25-26,28-29,31-33,37,39,43,45,49,52,64H,4-7,9-10,12-16,18,21,24,27,30,34-36,38,40-42,44,46-48,50-51,53-63H2,1-3H3/b11-8-,19-17-,22-20-,25-23-,28-26-,31-29-,33-32-,39-37-,45-43-,52-49-. The summed E-state index contributed by atoms with van der Waals surface area (Å²) in [5.41, 5.74) is 0. The van der Waals surface area contributed by atoms with Crippen LogP contribution in [0.2, 0.25) is 0 Å². The maximum Gasteiger partial charge on any atom is 0.306 e.